The molecule has 0 radical (unpaired) electrons. The average Bonchev–Trinajstić information content (AvgIpc) is 2.78. The summed E-state index contributed by atoms with van der Waals surface area (Å²) in [5.74, 6) is 0.265. The number of hydrogen-bond acceptors (Lipinski definition) is 4. The molecule has 6 heteroatoms. The normalized spacial score (nSPS) is 14.7. The molecule has 0 saturated carbocycles. The Morgan fingerprint density at radius 1 is 1.07 bits per heavy atom. The Kier molecular flexibility index (Phi) is 7.71. The molecule has 3 rings (SSSR count). The van der Waals surface area contributed by atoms with Crippen molar-refractivity contribution in [3.05, 3.63) is 54.1 Å². The van der Waals surface area contributed by atoms with E-state index in [1.165, 1.54) is 6.42 Å². The van der Waals surface area contributed by atoms with Gasteiger partial charge in [0.05, 0.1) is 5.56 Å². The van der Waals surface area contributed by atoms with E-state index in [0.29, 0.717) is 17.0 Å². The van der Waals surface area contributed by atoms with E-state index in [1.54, 1.807) is 18.2 Å². The maximum atomic E-state index is 13.0. The summed E-state index contributed by atoms with van der Waals surface area (Å²) in [6.45, 7) is 5.83. The van der Waals surface area contributed by atoms with Gasteiger partial charge in [0.25, 0.3) is 11.8 Å². The van der Waals surface area contributed by atoms with Crippen LogP contribution < -0.4 is 20.3 Å². The van der Waals surface area contributed by atoms with Crippen LogP contribution in [-0.4, -0.2) is 37.6 Å². The van der Waals surface area contributed by atoms with Gasteiger partial charge in [0.1, 0.15) is 5.75 Å². The maximum absolute atomic E-state index is 13.0. The quantitative estimate of drug-likeness (QED) is 0.685. The van der Waals surface area contributed by atoms with Crippen LogP contribution in [0.25, 0.3) is 0 Å². The number of nitrogens with one attached hydrogen (secondary N) is 2. The summed E-state index contributed by atoms with van der Waals surface area (Å²) >= 11 is 0. The van der Waals surface area contributed by atoms with Gasteiger partial charge < -0.3 is 20.3 Å². The first-order chi connectivity index (χ1) is 14.6. The summed E-state index contributed by atoms with van der Waals surface area (Å²) in [6, 6.07) is 14.9. The number of carbonyl (C=O) groups is 2. The largest absolute Gasteiger partial charge is 0.484 e. The van der Waals surface area contributed by atoms with Crippen molar-refractivity contribution in [1.29, 1.82) is 0 Å². The molecule has 1 saturated heterocycles. The van der Waals surface area contributed by atoms with Gasteiger partial charge in [-0.15, -0.1) is 0 Å². The summed E-state index contributed by atoms with van der Waals surface area (Å²) < 4.78 is 5.50. The Morgan fingerprint density at radius 2 is 1.80 bits per heavy atom. The molecule has 30 heavy (non-hydrogen) atoms. The zero-order valence-corrected chi connectivity index (χ0v) is 17.8. The molecule has 0 spiro atoms. The number of ether oxygens (including phenoxy) is 1. The fourth-order valence-corrected chi connectivity index (χ4v) is 3.47. The van der Waals surface area contributed by atoms with E-state index in [4.69, 9.17) is 4.74 Å². The Labute approximate surface area is 178 Å². The lowest BCUT2D eigenvalue weighted by Gasteiger charge is -2.31. The monoisotopic (exact) mass is 409 g/mol. The highest BCUT2D eigenvalue weighted by Gasteiger charge is 2.20. The van der Waals surface area contributed by atoms with Gasteiger partial charge in [0.2, 0.25) is 0 Å². The maximum Gasteiger partial charge on any atom is 0.262 e. The predicted octanol–water partition coefficient (Wildman–Crippen LogP) is 4.22. The molecule has 0 unspecified atom stereocenters. The molecular formula is C24H31N3O3. The number of anilines is 2. The van der Waals surface area contributed by atoms with Crippen LogP contribution in [0.15, 0.2) is 48.5 Å². The van der Waals surface area contributed by atoms with Gasteiger partial charge in [-0.3, -0.25) is 9.59 Å². The van der Waals surface area contributed by atoms with Crippen molar-refractivity contribution in [3.8, 4) is 5.75 Å². The minimum absolute atomic E-state index is 0.0872. The van der Waals surface area contributed by atoms with Crippen LogP contribution in [0, 0.1) is 0 Å². The first kappa shape index (κ1) is 21.7. The van der Waals surface area contributed by atoms with Crippen molar-refractivity contribution in [1.82, 2.24) is 5.32 Å². The molecule has 160 valence electrons. The van der Waals surface area contributed by atoms with Crippen LogP contribution in [-0.2, 0) is 4.79 Å². The molecule has 0 bridgehead atoms. The van der Waals surface area contributed by atoms with Crippen LogP contribution in [0.3, 0.4) is 0 Å². The van der Waals surface area contributed by atoms with Crippen molar-refractivity contribution in [2.45, 2.75) is 45.6 Å². The minimum atomic E-state index is -0.266. The minimum Gasteiger partial charge on any atom is -0.484 e. The summed E-state index contributed by atoms with van der Waals surface area (Å²) in [5, 5.41) is 5.89. The fraction of sp³-hybridized carbons (Fsp3) is 0.417. The van der Waals surface area contributed by atoms with Crippen LogP contribution in [0.4, 0.5) is 11.4 Å². The predicted molar refractivity (Wildman–Crippen MR) is 120 cm³/mol. The van der Waals surface area contributed by atoms with Crippen molar-refractivity contribution < 1.29 is 14.3 Å². The Hall–Kier alpha value is -3.02. The van der Waals surface area contributed by atoms with Gasteiger partial charge in [-0.05, 0) is 62.9 Å². The van der Waals surface area contributed by atoms with E-state index in [2.05, 4.69) is 15.5 Å². The van der Waals surface area contributed by atoms with Crippen molar-refractivity contribution in [3.63, 3.8) is 0 Å². The van der Waals surface area contributed by atoms with E-state index in [-0.39, 0.29) is 24.5 Å². The molecule has 1 fully saturated rings. The Bertz CT molecular complexity index is 848. The third kappa shape index (κ3) is 5.99. The molecule has 0 aliphatic carbocycles. The standard InChI is InChI=1S/C24H31N3O3/c1-3-18(2)25-24(29)21-16-19(12-13-22(21)27-14-8-5-9-15-27)26-23(28)17-30-20-10-6-4-7-11-20/h4,6-7,10-13,16,18H,3,5,8-9,14-15,17H2,1-2H3,(H,25,29)(H,26,28)/t18-/m0/s1. The number of piperidine rings is 1. The summed E-state index contributed by atoms with van der Waals surface area (Å²) in [7, 11) is 0. The topological polar surface area (TPSA) is 70.7 Å². The van der Waals surface area contributed by atoms with Crippen molar-refractivity contribution >= 4 is 23.2 Å². The van der Waals surface area contributed by atoms with Crippen LogP contribution >= 0.6 is 0 Å². The molecule has 1 aliphatic heterocycles. The summed E-state index contributed by atoms with van der Waals surface area (Å²) in [5.41, 5.74) is 2.11. The molecule has 1 aliphatic rings. The summed E-state index contributed by atoms with van der Waals surface area (Å²) in [4.78, 5) is 27.5. The van der Waals surface area contributed by atoms with E-state index >= 15 is 0 Å². The molecule has 6 nitrogen and oxygen atoms in total. The Balaban J connectivity index is 1.73. The van der Waals surface area contributed by atoms with Crippen LogP contribution in [0.5, 0.6) is 5.75 Å². The first-order valence-corrected chi connectivity index (χ1v) is 10.7. The van der Waals surface area contributed by atoms with E-state index in [1.807, 2.05) is 44.2 Å². The number of amides is 2. The SMILES string of the molecule is CC[C@H](C)NC(=O)c1cc(NC(=O)COc2ccccc2)ccc1N1CCCCC1. The van der Waals surface area contributed by atoms with Gasteiger partial charge >= 0.3 is 0 Å². The molecule has 0 aromatic heterocycles. The van der Waals surface area contributed by atoms with Crippen molar-refractivity contribution in [2.75, 3.05) is 29.9 Å². The lowest BCUT2D eigenvalue weighted by Crippen LogP contribution is -2.35. The highest BCUT2D eigenvalue weighted by Crippen LogP contribution is 2.27. The van der Waals surface area contributed by atoms with Gasteiger partial charge in [-0.1, -0.05) is 25.1 Å². The van der Waals surface area contributed by atoms with E-state index < -0.39 is 0 Å². The number of rotatable bonds is 8. The molecular weight excluding hydrogens is 378 g/mol. The molecule has 2 amide bonds. The number of carbonyl (C=O) groups excluding carboxylic acids is 2. The molecule has 2 N–H and O–H groups in total. The highest BCUT2D eigenvalue weighted by molar-refractivity contribution is 6.02. The number of benzene rings is 2. The highest BCUT2D eigenvalue weighted by atomic mass is 16.5. The lowest BCUT2D eigenvalue weighted by atomic mass is 10.1. The first-order valence-electron chi connectivity index (χ1n) is 10.7. The van der Waals surface area contributed by atoms with Crippen molar-refractivity contribution in [2.24, 2.45) is 0 Å². The fourth-order valence-electron chi connectivity index (χ4n) is 3.47. The second-order valence-electron chi connectivity index (χ2n) is 7.71. The second kappa shape index (κ2) is 10.7. The molecule has 1 heterocycles. The number of hydrogen-bond donors (Lipinski definition) is 2. The smallest absolute Gasteiger partial charge is 0.262 e. The Morgan fingerprint density at radius 3 is 2.50 bits per heavy atom. The van der Waals surface area contributed by atoms with Crippen LogP contribution in [0.1, 0.15) is 49.9 Å². The molecule has 2 aromatic carbocycles. The number of para-hydroxylation sites is 1. The lowest BCUT2D eigenvalue weighted by molar-refractivity contribution is -0.118. The van der Waals surface area contributed by atoms with Crippen LogP contribution in [0.2, 0.25) is 0 Å². The van der Waals surface area contributed by atoms with Gasteiger partial charge in [-0.25, -0.2) is 0 Å². The van der Waals surface area contributed by atoms with Gasteiger partial charge in [0, 0.05) is 30.5 Å². The third-order valence-corrected chi connectivity index (χ3v) is 5.32. The van der Waals surface area contributed by atoms with Gasteiger partial charge in [0.15, 0.2) is 6.61 Å². The molecule has 1 atom stereocenters. The molecule has 2 aromatic rings. The summed E-state index contributed by atoms with van der Waals surface area (Å²) in [6.07, 6.45) is 4.34. The second-order valence-corrected chi connectivity index (χ2v) is 7.71. The number of nitrogens with zero attached hydrogens (tertiary/aromatic N) is 1. The third-order valence-electron chi connectivity index (χ3n) is 5.32. The van der Waals surface area contributed by atoms with E-state index in [9.17, 15) is 9.59 Å². The van der Waals surface area contributed by atoms with Gasteiger partial charge in [-0.2, -0.15) is 0 Å². The van der Waals surface area contributed by atoms with E-state index in [0.717, 1.165) is 38.0 Å². The zero-order chi connectivity index (χ0) is 21.3. The zero-order valence-electron chi connectivity index (χ0n) is 17.8. The average molecular weight is 410 g/mol.